The van der Waals surface area contributed by atoms with Gasteiger partial charge in [0.25, 0.3) is 0 Å². The van der Waals surface area contributed by atoms with Gasteiger partial charge in [-0.25, -0.2) is 14.2 Å². The minimum absolute atomic E-state index is 0.300. The van der Waals surface area contributed by atoms with Crippen molar-refractivity contribution < 1.29 is 0 Å². The summed E-state index contributed by atoms with van der Waals surface area (Å²) in [7, 11) is 5.00. The Hall–Kier alpha value is -2.08. The van der Waals surface area contributed by atoms with Gasteiger partial charge in [-0.05, 0) is 24.6 Å². The highest BCUT2D eigenvalue weighted by Gasteiger charge is 2.13. The molecule has 0 amide bonds. The second kappa shape index (κ2) is 5.13. The maximum absolute atomic E-state index is 12.3. The van der Waals surface area contributed by atoms with E-state index in [4.69, 9.17) is 11.6 Å². The number of anilines is 1. The van der Waals surface area contributed by atoms with Crippen molar-refractivity contribution >= 4 is 17.5 Å². The Kier molecular flexibility index (Phi) is 3.67. The molecular weight excluding hydrogens is 280 g/mol. The van der Waals surface area contributed by atoms with Crippen molar-refractivity contribution in [1.29, 1.82) is 0 Å². The average Bonchev–Trinajstić information content (AvgIpc) is 2.38. The Morgan fingerprint density at radius 2 is 1.90 bits per heavy atom. The Morgan fingerprint density at radius 1 is 1.25 bits per heavy atom. The van der Waals surface area contributed by atoms with Crippen LogP contribution in [0.15, 0.2) is 27.8 Å². The number of nitrogens with zero attached hydrogens (tertiary/aromatic N) is 4. The zero-order chi connectivity index (χ0) is 15.0. The predicted molar refractivity (Wildman–Crippen MR) is 79.1 cm³/mol. The number of halogens is 1. The third-order valence-electron chi connectivity index (χ3n) is 2.98. The van der Waals surface area contributed by atoms with Crippen LogP contribution in [0.25, 0.3) is 5.69 Å². The number of aromatic nitrogens is 3. The molecule has 0 aliphatic carbocycles. The second-order valence-electron chi connectivity index (χ2n) is 4.70. The molecule has 1 aromatic carbocycles. The lowest BCUT2D eigenvalue weighted by Crippen LogP contribution is -2.42. The lowest BCUT2D eigenvalue weighted by Gasteiger charge is -2.16. The summed E-state index contributed by atoms with van der Waals surface area (Å²) in [6.45, 7) is 1.85. The quantitative estimate of drug-likeness (QED) is 0.828. The van der Waals surface area contributed by atoms with Crippen LogP contribution in [-0.2, 0) is 7.05 Å². The van der Waals surface area contributed by atoms with E-state index in [1.54, 1.807) is 44.2 Å². The lowest BCUT2D eigenvalue weighted by atomic mass is 10.2. The van der Waals surface area contributed by atoms with Gasteiger partial charge < -0.3 is 4.90 Å². The van der Waals surface area contributed by atoms with Crippen LogP contribution in [0.4, 0.5) is 5.95 Å². The van der Waals surface area contributed by atoms with Crippen LogP contribution in [0.1, 0.15) is 5.56 Å². The maximum atomic E-state index is 12.3. The first-order valence-corrected chi connectivity index (χ1v) is 6.34. The molecule has 0 N–H and O–H groups in total. The molecule has 106 valence electrons. The fourth-order valence-corrected chi connectivity index (χ4v) is 2.04. The van der Waals surface area contributed by atoms with Crippen molar-refractivity contribution in [2.45, 2.75) is 6.92 Å². The van der Waals surface area contributed by atoms with E-state index in [0.29, 0.717) is 16.7 Å². The third-order valence-corrected chi connectivity index (χ3v) is 3.39. The van der Waals surface area contributed by atoms with E-state index >= 15 is 0 Å². The highest BCUT2D eigenvalue weighted by molar-refractivity contribution is 6.31. The van der Waals surface area contributed by atoms with Crippen molar-refractivity contribution in [1.82, 2.24) is 14.1 Å². The monoisotopic (exact) mass is 294 g/mol. The third kappa shape index (κ3) is 2.34. The van der Waals surface area contributed by atoms with E-state index in [1.165, 1.54) is 4.57 Å². The summed E-state index contributed by atoms with van der Waals surface area (Å²) in [4.78, 5) is 29.9. The summed E-state index contributed by atoms with van der Waals surface area (Å²) in [5.74, 6) is 0.300. The summed E-state index contributed by atoms with van der Waals surface area (Å²) in [5.41, 5.74) is 0.188. The molecule has 1 heterocycles. The Labute approximate surface area is 120 Å². The van der Waals surface area contributed by atoms with Crippen molar-refractivity contribution in [3.05, 3.63) is 49.8 Å². The van der Waals surface area contributed by atoms with E-state index < -0.39 is 11.4 Å². The molecule has 2 aromatic rings. The van der Waals surface area contributed by atoms with Crippen LogP contribution < -0.4 is 16.3 Å². The molecule has 6 nitrogen and oxygen atoms in total. The molecule has 0 unspecified atom stereocenters. The Bertz CT molecular complexity index is 777. The van der Waals surface area contributed by atoms with Crippen LogP contribution >= 0.6 is 11.6 Å². The fraction of sp³-hybridized carbons (Fsp3) is 0.308. The summed E-state index contributed by atoms with van der Waals surface area (Å²) >= 11 is 6.04. The zero-order valence-corrected chi connectivity index (χ0v) is 12.5. The van der Waals surface area contributed by atoms with E-state index in [-0.39, 0.29) is 0 Å². The standard InChI is InChI=1S/C13H15ClN4O2/c1-8-5-6-9(7-10(8)14)18-12(19)15-11(16(2)3)17(4)13(18)20/h5-7H,1-4H3. The van der Waals surface area contributed by atoms with Gasteiger partial charge in [-0.3, -0.25) is 4.57 Å². The van der Waals surface area contributed by atoms with Crippen molar-refractivity contribution in [3.63, 3.8) is 0 Å². The molecule has 0 aliphatic heterocycles. The fourth-order valence-electron chi connectivity index (χ4n) is 1.87. The minimum atomic E-state index is -0.628. The van der Waals surface area contributed by atoms with E-state index in [1.807, 2.05) is 6.92 Å². The highest BCUT2D eigenvalue weighted by Crippen LogP contribution is 2.17. The van der Waals surface area contributed by atoms with Gasteiger partial charge in [0.1, 0.15) is 0 Å². The van der Waals surface area contributed by atoms with Gasteiger partial charge in [0, 0.05) is 26.2 Å². The highest BCUT2D eigenvalue weighted by atomic mass is 35.5. The van der Waals surface area contributed by atoms with Crippen LogP contribution in [0.5, 0.6) is 0 Å². The van der Waals surface area contributed by atoms with Gasteiger partial charge in [-0.1, -0.05) is 17.7 Å². The molecule has 0 radical (unpaired) electrons. The predicted octanol–water partition coefficient (Wildman–Crippen LogP) is 0.959. The molecule has 0 saturated heterocycles. The Morgan fingerprint density at radius 3 is 2.45 bits per heavy atom. The van der Waals surface area contributed by atoms with Crippen LogP contribution in [-0.4, -0.2) is 28.2 Å². The molecule has 0 spiro atoms. The SMILES string of the molecule is Cc1ccc(-n2c(=O)nc(N(C)C)n(C)c2=O)cc1Cl. The smallest absolute Gasteiger partial charge is 0.348 e. The summed E-state index contributed by atoms with van der Waals surface area (Å²) in [5, 5.41) is 0.494. The van der Waals surface area contributed by atoms with Gasteiger partial charge in [0.15, 0.2) is 0 Å². The lowest BCUT2D eigenvalue weighted by molar-refractivity contribution is 0.683. The number of rotatable bonds is 2. The molecule has 2 rings (SSSR count). The molecular formula is C13H15ClN4O2. The second-order valence-corrected chi connectivity index (χ2v) is 5.11. The largest absolute Gasteiger partial charge is 0.359 e. The van der Waals surface area contributed by atoms with Crippen LogP contribution in [0.3, 0.4) is 0 Å². The van der Waals surface area contributed by atoms with Crippen molar-refractivity contribution in [2.75, 3.05) is 19.0 Å². The van der Waals surface area contributed by atoms with E-state index in [9.17, 15) is 9.59 Å². The molecule has 0 aliphatic rings. The topological polar surface area (TPSA) is 60.1 Å². The van der Waals surface area contributed by atoms with Gasteiger partial charge in [0.05, 0.1) is 5.69 Å². The first-order valence-electron chi connectivity index (χ1n) is 5.97. The molecule has 0 saturated carbocycles. The van der Waals surface area contributed by atoms with Crippen molar-refractivity contribution in [2.24, 2.45) is 7.05 Å². The summed E-state index contributed by atoms with van der Waals surface area (Å²) in [6, 6.07) is 5.00. The molecule has 0 atom stereocenters. The summed E-state index contributed by atoms with van der Waals surface area (Å²) < 4.78 is 2.31. The molecule has 7 heteroatoms. The number of hydrogen-bond acceptors (Lipinski definition) is 4. The van der Waals surface area contributed by atoms with Gasteiger partial charge >= 0.3 is 11.4 Å². The maximum Gasteiger partial charge on any atom is 0.359 e. The molecule has 1 aromatic heterocycles. The molecule has 0 fully saturated rings. The number of aryl methyl sites for hydroxylation is 1. The first kappa shape index (κ1) is 14.3. The molecule has 20 heavy (non-hydrogen) atoms. The minimum Gasteiger partial charge on any atom is -0.348 e. The van der Waals surface area contributed by atoms with Crippen LogP contribution in [0.2, 0.25) is 5.02 Å². The van der Waals surface area contributed by atoms with Crippen LogP contribution in [0, 0.1) is 6.92 Å². The normalized spacial score (nSPS) is 10.7. The van der Waals surface area contributed by atoms with Crippen molar-refractivity contribution in [3.8, 4) is 5.69 Å². The number of benzene rings is 1. The average molecular weight is 295 g/mol. The van der Waals surface area contributed by atoms with E-state index in [2.05, 4.69) is 4.98 Å². The van der Waals surface area contributed by atoms with Gasteiger partial charge in [-0.2, -0.15) is 4.98 Å². The number of hydrogen-bond donors (Lipinski definition) is 0. The van der Waals surface area contributed by atoms with Gasteiger partial charge in [-0.15, -0.1) is 0 Å². The molecule has 0 bridgehead atoms. The van der Waals surface area contributed by atoms with Gasteiger partial charge in [0.2, 0.25) is 5.95 Å². The van der Waals surface area contributed by atoms with E-state index in [0.717, 1.165) is 10.1 Å². The summed E-state index contributed by atoms with van der Waals surface area (Å²) in [6.07, 6.45) is 0. The zero-order valence-electron chi connectivity index (χ0n) is 11.7. The Balaban J connectivity index is 2.76. The first-order chi connectivity index (χ1) is 9.32.